The van der Waals surface area contributed by atoms with Gasteiger partial charge in [0, 0.05) is 5.02 Å². The van der Waals surface area contributed by atoms with Crippen molar-refractivity contribution in [3.63, 3.8) is 0 Å². The number of nitrogens with one attached hydrogen (secondary N) is 2. The Kier molecular flexibility index (Phi) is 4.61. The molecule has 1 heterocycles. The van der Waals surface area contributed by atoms with Crippen molar-refractivity contribution in [2.45, 2.75) is 12.1 Å². The number of aromatic nitrogens is 3. The summed E-state index contributed by atoms with van der Waals surface area (Å²) >= 11 is 7.05. The summed E-state index contributed by atoms with van der Waals surface area (Å²) < 4.78 is 0. The first-order valence-corrected chi connectivity index (χ1v) is 6.96. The van der Waals surface area contributed by atoms with Crippen LogP contribution in [0.1, 0.15) is 11.4 Å². The fourth-order valence-corrected chi connectivity index (χ4v) is 2.24. The van der Waals surface area contributed by atoms with E-state index >= 15 is 0 Å². The fraction of sp³-hybridized carbons (Fsp3) is 0.167. The molecule has 1 aromatic heterocycles. The number of aromatic amines is 1. The molecule has 0 atom stereocenters. The zero-order valence-electron chi connectivity index (χ0n) is 10.5. The van der Waals surface area contributed by atoms with Crippen LogP contribution in [-0.2, 0) is 4.79 Å². The van der Waals surface area contributed by atoms with E-state index in [-0.39, 0.29) is 11.7 Å². The van der Waals surface area contributed by atoms with E-state index < -0.39 is 0 Å². The maximum Gasteiger partial charge on any atom is 0.234 e. The number of hydrogen-bond acceptors (Lipinski definition) is 5. The molecular formula is C12H10ClN5OS. The third kappa shape index (κ3) is 3.73. The summed E-state index contributed by atoms with van der Waals surface area (Å²) in [5, 5.41) is 19.2. The Hall–Kier alpha value is -2.04. The van der Waals surface area contributed by atoms with E-state index in [2.05, 4.69) is 20.5 Å². The first kappa shape index (κ1) is 14.4. The molecule has 20 heavy (non-hydrogen) atoms. The smallest absolute Gasteiger partial charge is 0.234 e. The molecule has 0 aliphatic rings. The normalized spacial score (nSPS) is 10.1. The lowest BCUT2D eigenvalue weighted by Gasteiger charge is -2.06. The number of hydrogen-bond donors (Lipinski definition) is 2. The molecule has 102 valence electrons. The highest BCUT2D eigenvalue weighted by Gasteiger charge is 2.09. The molecule has 2 rings (SSSR count). The van der Waals surface area contributed by atoms with Crippen molar-refractivity contribution in [1.82, 2.24) is 15.2 Å². The number of carbonyl (C=O) groups is 1. The van der Waals surface area contributed by atoms with Gasteiger partial charge < -0.3 is 5.32 Å². The molecule has 6 nitrogen and oxygen atoms in total. The number of rotatable bonds is 4. The van der Waals surface area contributed by atoms with Gasteiger partial charge in [0.15, 0.2) is 0 Å². The van der Waals surface area contributed by atoms with E-state index in [4.69, 9.17) is 16.9 Å². The minimum atomic E-state index is -0.254. The molecule has 1 aromatic carbocycles. The Morgan fingerprint density at radius 3 is 3.05 bits per heavy atom. The molecule has 2 N–H and O–H groups in total. The molecular weight excluding hydrogens is 298 g/mol. The summed E-state index contributed by atoms with van der Waals surface area (Å²) in [6.07, 6.45) is 0. The van der Waals surface area contributed by atoms with Crippen molar-refractivity contribution in [1.29, 1.82) is 5.26 Å². The van der Waals surface area contributed by atoms with E-state index in [1.54, 1.807) is 25.1 Å². The largest absolute Gasteiger partial charge is 0.324 e. The maximum absolute atomic E-state index is 11.8. The number of nitrogens with zero attached hydrogens (tertiary/aromatic N) is 3. The second kappa shape index (κ2) is 6.41. The van der Waals surface area contributed by atoms with E-state index in [1.165, 1.54) is 11.8 Å². The van der Waals surface area contributed by atoms with Crippen LogP contribution in [0.5, 0.6) is 0 Å². The van der Waals surface area contributed by atoms with Crippen LogP contribution in [0.2, 0.25) is 5.02 Å². The summed E-state index contributed by atoms with van der Waals surface area (Å²) in [6, 6.07) is 6.69. The monoisotopic (exact) mass is 307 g/mol. The molecule has 0 aliphatic carbocycles. The van der Waals surface area contributed by atoms with Gasteiger partial charge in [-0.05, 0) is 25.1 Å². The Bertz CT molecular complexity index is 679. The summed E-state index contributed by atoms with van der Waals surface area (Å²) in [5.74, 6) is 0.583. The lowest BCUT2D eigenvalue weighted by atomic mass is 10.2. The lowest BCUT2D eigenvalue weighted by molar-refractivity contribution is -0.113. The highest BCUT2D eigenvalue weighted by Crippen LogP contribution is 2.21. The van der Waals surface area contributed by atoms with Gasteiger partial charge in [-0.25, -0.2) is 4.98 Å². The van der Waals surface area contributed by atoms with E-state index in [0.717, 1.165) is 0 Å². The molecule has 0 saturated carbocycles. The summed E-state index contributed by atoms with van der Waals surface area (Å²) in [4.78, 5) is 15.9. The van der Waals surface area contributed by atoms with Crippen LogP contribution >= 0.6 is 23.4 Å². The molecule has 0 fully saturated rings. The average molecular weight is 308 g/mol. The van der Waals surface area contributed by atoms with Crippen molar-refractivity contribution in [2.24, 2.45) is 0 Å². The van der Waals surface area contributed by atoms with Crippen molar-refractivity contribution < 1.29 is 4.79 Å². The van der Waals surface area contributed by atoms with E-state index in [1.807, 2.05) is 6.07 Å². The Labute approximate surface area is 124 Å². The molecule has 8 heteroatoms. The topological polar surface area (TPSA) is 94.5 Å². The van der Waals surface area contributed by atoms with Gasteiger partial charge in [-0.2, -0.15) is 5.26 Å². The number of anilines is 1. The predicted octanol–water partition coefficient (Wildman–Crippen LogP) is 2.37. The molecule has 0 bridgehead atoms. The van der Waals surface area contributed by atoms with E-state index in [9.17, 15) is 4.79 Å². The molecule has 0 radical (unpaired) electrons. The van der Waals surface area contributed by atoms with Gasteiger partial charge in [-0.1, -0.05) is 23.4 Å². The number of amides is 1. The third-order valence-electron chi connectivity index (χ3n) is 2.29. The lowest BCUT2D eigenvalue weighted by Crippen LogP contribution is -2.15. The van der Waals surface area contributed by atoms with Crippen LogP contribution in [0.4, 0.5) is 5.69 Å². The van der Waals surface area contributed by atoms with Gasteiger partial charge in [0.2, 0.25) is 11.1 Å². The maximum atomic E-state index is 11.8. The van der Waals surface area contributed by atoms with Crippen molar-refractivity contribution >= 4 is 35.0 Å². The van der Waals surface area contributed by atoms with Gasteiger partial charge in [0.25, 0.3) is 0 Å². The third-order valence-corrected chi connectivity index (χ3v) is 3.37. The van der Waals surface area contributed by atoms with Gasteiger partial charge in [0.1, 0.15) is 11.9 Å². The van der Waals surface area contributed by atoms with Crippen LogP contribution in [0, 0.1) is 18.3 Å². The minimum Gasteiger partial charge on any atom is -0.324 e. The minimum absolute atomic E-state index is 0.147. The summed E-state index contributed by atoms with van der Waals surface area (Å²) in [7, 11) is 0. The number of H-pyrrole nitrogens is 1. The van der Waals surface area contributed by atoms with E-state index in [0.29, 0.717) is 27.3 Å². The highest BCUT2D eigenvalue weighted by molar-refractivity contribution is 7.99. The first-order valence-electron chi connectivity index (χ1n) is 5.60. The summed E-state index contributed by atoms with van der Waals surface area (Å²) in [5.41, 5.74) is 0.762. The number of benzene rings is 1. The average Bonchev–Trinajstić information content (AvgIpc) is 2.83. The van der Waals surface area contributed by atoms with Crippen LogP contribution < -0.4 is 5.32 Å². The van der Waals surface area contributed by atoms with Gasteiger partial charge in [-0.15, -0.1) is 5.10 Å². The second-order valence-electron chi connectivity index (χ2n) is 3.84. The Morgan fingerprint density at radius 2 is 2.40 bits per heavy atom. The zero-order valence-corrected chi connectivity index (χ0v) is 12.0. The SMILES string of the molecule is Cc1nc(SCC(=O)Nc2cc(Cl)ccc2C#N)n[nH]1. The van der Waals surface area contributed by atoms with Crippen LogP contribution in [-0.4, -0.2) is 26.8 Å². The molecule has 2 aromatic rings. The van der Waals surface area contributed by atoms with Crippen LogP contribution in [0.15, 0.2) is 23.4 Å². The van der Waals surface area contributed by atoms with Crippen LogP contribution in [0.3, 0.4) is 0 Å². The molecule has 0 unspecified atom stereocenters. The molecule has 1 amide bonds. The molecule has 0 aliphatic heterocycles. The Balaban J connectivity index is 1.98. The van der Waals surface area contributed by atoms with Gasteiger partial charge in [0.05, 0.1) is 17.0 Å². The first-order chi connectivity index (χ1) is 9.58. The molecule has 0 spiro atoms. The predicted molar refractivity (Wildman–Crippen MR) is 76.6 cm³/mol. The fourth-order valence-electron chi connectivity index (χ4n) is 1.42. The van der Waals surface area contributed by atoms with Crippen molar-refractivity contribution in [3.05, 3.63) is 34.6 Å². The number of halogens is 1. The highest BCUT2D eigenvalue weighted by atomic mass is 35.5. The second-order valence-corrected chi connectivity index (χ2v) is 5.22. The van der Waals surface area contributed by atoms with Crippen LogP contribution in [0.25, 0.3) is 0 Å². The Morgan fingerprint density at radius 1 is 1.60 bits per heavy atom. The van der Waals surface area contributed by atoms with Gasteiger partial charge >= 0.3 is 0 Å². The number of thioether (sulfide) groups is 1. The molecule has 0 saturated heterocycles. The summed E-state index contributed by atoms with van der Waals surface area (Å²) in [6.45, 7) is 1.78. The van der Waals surface area contributed by atoms with Crippen molar-refractivity contribution in [3.8, 4) is 6.07 Å². The van der Waals surface area contributed by atoms with Gasteiger partial charge in [-0.3, -0.25) is 9.89 Å². The number of carbonyl (C=O) groups excluding carboxylic acids is 1. The standard InChI is InChI=1S/C12H10ClN5OS/c1-7-15-12(18-17-7)20-6-11(19)16-10-4-9(13)3-2-8(10)5-14/h2-4H,6H2,1H3,(H,16,19)(H,15,17,18). The zero-order chi connectivity index (χ0) is 14.5. The number of nitriles is 1. The number of aryl methyl sites for hydroxylation is 1. The quantitative estimate of drug-likeness (QED) is 0.846. The van der Waals surface area contributed by atoms with Crippen molar-refractivity contribution in [2.75, 3.05) is 11.1 Å².